The minimum atomic E-state index is -0.782. The molecular weight excluding hydrogens is 334 g/mol. The van der Waals surface area contributed by atoms with E-state index in [2.05, 4.69) is 5.32 Å². The van der Waals surface area contributed by atoms with E-state index in [1.165, 1.54) is 17.6 Å². The summed E-state index contributed by atoms with van der Waals surface area (Å²) in [6.07, 6.45) is 0.745. The molecule has 4 nitrogen and oxygen atoms in total. The number of amides is 1. The number of carbonyl (C=O) groups excluding carboxylic acids is 1. The molecule has 0 saturated carbocycles. The van der Waals surface area contributed by atoms with E-state index < -0.39 is 6.10 Å². The Morgan fingerprint density at radius 3 is 2.70 bits per heavy atom. The Kier molecular flexibility index (Phi) is 4.81. The van der Waals surface area contributed by atoms with Crippen molar-refractivity contribution in [2.24, 2.45) is 0 Å². The van der Waals surface area contributed by atoms with Crippen molar-refractivity contribution in [3.63, 3.8) is 0 Å². The third-order valence-electron chi connectivity index (χ3n) is 3.29. The number of thiophene rings is 1. The van der Waals surface area contributed by atoms with Crippen LogP contribution in [-0.2, 0) is 6.54 Å². The Morgan fingerprint density at radius 1 is 1.22 bits per heavy atom. The van der Waals surface area contributed by atoms with Crippen LogP contribution in [0.25, 0.3) is 0 Å². The molecule has 3 aromatic rings. The second-order valence-electron chi connectivity index (χ2n) is 4.91. The number of furan rings is 1. The molecule has 0 saturated heterocycles. The molecule has 2 aromatic heterocycles. The van der Waals surface area contributed by atoms with Gasteiger partial charge < -0.3 is 14.8 Å². The van der Waals surface area contributed by atoms with E-state index in [9.17, 15) is 9.90 Å². The lowest BCUT2D eigenvalue weighted by Crippen LogP contribution is -2.22. The molecule has 1 unspecified atom stereocenters. The first-order chi connectivity index (χ1) is 11.1. The van der Waals surface area contributed by atoms with Crippen molar-refractivity contribution in [2.75, 3.05) is 0 Å². The minimum absolute atomic E-state index is 0.164. The quantitative estimate of drug-likeness (QED) is 0.733. The zero-order chi connectivity index (χ0) is 16.2. The van der Waals surface area contributed by atoms with Gasteiger partial charge in [0.2, 0.25) is 0 Å². The molecule has 1 aromatic carbocycles. The summed E-state index contributed by atoms with van der Waals surface area (Å²) in [4.78, 5) is 13.8. The predicted molar refractivity (Wildman–Crippen MR) is 89.7 cm³/mol. The number of carbonyl (C=O) groups is 1. The van der Waals surface area contributed by atoms with Gasteiger partial charge >= 0.3 is 0 Å². The fraction of sp³-hybridized carbons (Fsp3) is 0.118. The summed E-state index contributed by atoms with van der Waals surface area (Å²) in [5.41, 5.74) is 0.557. The van der Waals surface area contributed by atoms with Crippen molar-refractivity contribution >= 4 is 28.8 Å². The molecule has 0 bridgehead atoms. The second kappa shape index (κ2) is 7.00. The lowest BCUT2D eigenvalue weighted by Gasteiger charge is -2.05. The number of aliphatic hydroxyl groups excluding tert-OH is 1. The van der Waals surface area contributed by atoms with E-state index in [1.807, 2.05) is 12.1 Å². The molecule has 6 heteroatoms. The van der Waals surface area contributed by atoms with Crippen LogP contribution in [0.15, 0.2) is 59.2 Å². The molecule has 1 amide bonds. The summed E-state index contributed by atoms with van der Waals surface area (Å²) in [6.45, 7) is 0.400. The molecule has 0 radical (unpaired) electrons. The van der Waals surface area contributed by atoms with Gasteiger partial charge in [-0.15, -0.1) is 11.3 Å². The first-order valence-electron chi connectivity index (χ1n) is 6.97. The van der Waals surface area contributed by atoms with E-state index >= 15 is 0 Å². The number of hydrogen-bond donors (Lipinski definition) is 2. The highest BCUT2D eigenvalue weighted by Gasteiger charge is 2.15. The molecule has 2 heterocycles. The number of halogens is 1. The fourth-order valence-electron chi connectivity index (χ4n) is 2.09. The number of nitrogens with one attached hydrogen (secondary N) is 1. The van der Waals surface area contributed by atoms with Gasteiger partial charge in [0.15, 0.2) is 0 Å². The van der Waals surface area contributed by atoms with Crippen LogP contribution < -0.4 is 5.32 Å². The van der Waals surface area contributed by atoms with Gasteiger partial charge in [-0.05, 0) is 48.5 Å². The average molecular weight is 348 g/mol. The lowest BCUT2D eigenvalue weighted by molar-refractivity contribution is 0.0951. The van der Waals surface area contributed by atoms with Crippen molar-refractivity contribution in [3.05, 3.63) is 80.9 Å². The SMILES string of the molecule is O=C(NCc1ccc(C(O)c2ccco2)s1)c1ccc(Cl)cc1. The summed E-state index contributed by atoms with van der Waals surface area (Å²) >= 11 is 7.24. The highest BCUT2D eigenvalue weighted by molar-refractivity contribution is 7.12. The fourth-order valence-corrected chi connectivity index (χ4v) is 3.17. The highest BCUT2D eigenvalue weighted by Crippen LogP contribution is 2.28. The summed E-state index contributed by atoms with van der Waals surface area (Å²) in [5.74, 6) is 0.340. The third-order valence-corrected chi connectivity index (χ3v) is 4.68. The third kappa shape index (κ3) is 3.82. The van der Waals surface area contributed by atoms with Gasteiger partial charge in [0, 0.05) is 20.3 Å². The normalized spacial score (nSPS) is 12.1. The molecule has 0 spiro atoms. The van der Waals surface area contributed by atoms with E-state index in [1.54, 1.807) is 36.4 Å². The van der Waals surface area contributed by atoms with E-state index in [0.717, 1.165) is 9.75 Å². The smallest absolute Gasteiger partial charge is 0.251 e. The molecular formula is C17H14ClNO3S. The van der Waals surface area contributed by atoms with Gasteiger partial charge in [-0.1, -0.05) is 11.6 Å². The minimum Gasteiger partial charge on any atom is -0.466 e. The van der Waals surface area contributed by atoms with Crippen LogP contribution >= 0.6 is 22.9 Å². The second-order valence-corrected chi connectivity index (χ2v) is 6.55. The molecule has 0 aliphatic rings. The summed E-state index contributed by atoms with van der Waals surface area (Å²) in [5, 5.41) is 13.6. The Morgan fingerprint density at radius 2 is 2.00 bits per heavy atom. The monoisotopic (exact) mass is 347 g/mol. The van der Waals surface area contributed by atoms with E-state index in [0.29, 0.717) is 22.9 Å². The molecule has 2 N–H and O–H groups in total. The van der Waals surface area contributed by atoms with Gasteiger partial charge in [0.25, 0.3) is 5.91 Å². The van der Waals surface area contributed by atoms with Crippen LogP contribution in [0.1, 0.15) is 32.0 Å². The van der Waals surface area contributed by atoms with Gasteiger partial charge in [-0.3, -0.25) is 4.79 Å². The standard InChI is InChI=1S/C17H14ClNO3S/c18-12-5-3-11(4-6-12)17(21)19-10-13-7-8-15(23-13)16(20)14-2-1-9-22-14/h1-9,16,20H,10H2,(H,19,21). The number of hydrogen-bond acceptors (Lipinski definition) is 4. The summed E-state index contributed by atoms with van der Waals surface area (Å²) in [6, 6.07) is 13.9. The molecule has 118 valence electrons. The maximum absolute atomic E-state index is 12.0. The van der Waals surface area contributed by atoms with Crippen molar-refractivity contribution in [1.29, 1.82) is 0 Å². The summed E-state index contributed by atoms with van der Waals surface area (Å²) in [7, 11) is 0. The first-order valence-corrected chi connectivity index (χ1v) is 8.17. The molecule has 0 aliphatic carbocycles. The Labute approximate surface area is 142 Å². The lowest BCUT2D eigenvalue weighted by atomic mass is 10.2. The van der Waals surface area contributed by atoms with Gasteiger partial charge in [0.05, 0.1) is 12.8 Å². The van der Waals surface area contributed by atoms with Gasteiger partial charge in [-0.25, -0.2) is 0 Å². The van der Waals surface area contributed by atoms with Gasteiger partial charge in [-0.2, -0.15) is 0 Å². The summed E-state index contributed by atoms with van der Waals surface area (Å²) < 4.78 is 5.20. The Balaban J connectivity index is 1.61. The maximum Gasteiger partial charge on any atom is 0.251 e. The zero-order valence-corrected chi connectivity index (χ0v) is 13.6. The number of rotatable bonds is 5. The maximum atomic E-state index is 12.0. The number of benzene rings is 1. The van der Waals surface area contributed by atoms with Crippen LogP contribution in [0.5, 0.6) is 0 Å². The molecule has 1 atom stereocenters. The Hall–Kier alpha value is -2.08. The van der Waals surface area contributed by atoms with Crippen LogP contribution in [0.3, 0.4) is 0 Å². The van der Waals surface area contributed by atoms with Crippen molar-refractivity contribution in [2.45, 2.75) is 12.6 Å². The van der Waals surface area contributed by atoms with E-state index in [4.69, 9.17) is 16.0 Å². The van der Waals surface area contributed by atoms with Crippen LogP contribution in [-0.4, -0.2) is 11.0 Å². The first kappa shape index (κ1) is 15.8. The predicted octanol–water partition coefficient (Wildman–Crippen LogP) is 4.01. The van der Waals surface area contributed by atoms with E-state index in [-0.39, 0.29) is 5.91 Å². The molecule has 0 aliphatic heterocycles. The highest BCUT2D eigenvalue weighted by atomic mass is 35.5. The van der Waals surface area contributed by atoms with Crippen LogP contribution in [0.4, 0.5) is 0 Å². The Bertz CT molecular complexity index is 781. The molecule has 3 rings (SSSR count). The number of aliphatic hydroxyl groups is 1. The van der Waals surface area contributed by atoms with Crippen LogP contribution in [0, 0.1) is 0 Å². The van der Waals surface area contributed by atoms with Crippen LogP contribution in [0.2, 0.25) is 5.02 Å². The van der Waals surface area contributed by atoms with Crippen molar-refractivity contribution in [1.82, 2.24) is 5.32 Å². The van der Waals surface area contributed by atoms with Gasteiger partial charge in [0.1, 0.15) is 11.9 Å². The van der Waals surface area contributed by atoms with Crippen molar-refractivity contribution < 1.29 is 14.3 Å². The zero-order valence-electron chi connectivity index (χ0n) is 12.0. The average Bonchev–Trinajstić information content (AvgIpc) is 3.24. The van der Waals surface area contributed by atoms with Crippen molar-refractivity contribution in [3.8, 4) is 0 Å². The topological polar surface area (TPSA) is 62.5 Å². The molecule has 23 heavy (non-hydrogen) atoms. The largest absolute Gasteiger partial charge is 0.466 e. The molecule has 0 fully saturated rings.